The Labute approximate surface area is 129 Å². The van der Waals surface area contributed by atoms with Gasteiger partial charge in [-0.1, -0.05) is 12.1 Å². The number of hydrogen-bond acceptors (Lipinski definition) is 4. The quantitative estimate of drug-likeness (QED) is 0.853. The van der Waals surface area contributed by atoms with Crippen molar-refractivity contribution in [2.75, 3.05) is 26.3 Å². The highest BCUT2D eigenvalue weighted by Gasteiger charge is 2.26. The van der Waals surface area contributed by atoms with Gasteiger partial charge in [0.15, 0.2) is 0 Å². The molecule has 1 atom stereocenters. The van der Waals surface area contributed by atoms with Crippen LogP contribution in [0.2, 0.25) is 0 Å². The maximum atomic E-state index is 12.8. The average molecular weight is 330 g/mol. The van der Waals surface area contributed by atoms with Crippen LogP contribution in [0.15, 0.2) is 24.3 Å². The van der Waals surface area contributed by atoms with Crippen LogP contribution < -0.4 is 4.72 Å². The van der Waals surface area contributed by atoms with E-state index >= 15 is 0 Å². The number of amides is 1. The molecule has 8 heteroatoms. The number of carbonyl (C=O) groups is 1. The van der Waals surface area contributed by atoms with Crippen molar-refractivity contribution < 1.29 is 22.3 Å². The lowest BCUT2D eigenvalue weighted by Crippen LogP contribution is -2.50. The molecule has 0 aliphatic carbocycles. The van der Waals surface area contributed by atoms with Crippen molar-refractivity contribution in [3.8, 4) is 0 Å². The van der Waals surface area contributed by atoms with E-state index < -0.39 is 21.9 Å². The second-order valence-electron chi connectivity index (χ2n) is 5.16. The number of rotatable bonds is 5. The summed E-state index contributed by atoms with van der Waals surface area (Å²) in [4.78, 5) is 13.7. The lowest BCUT2D eigenvalue weighted by atomic mass is 10.2. The minimum atomic E-state index is -3.68. The highest BCUT2D eigenvalue weighted by molar-refractivity contribution is 7.88. The molecule has 6 nitrogen and oxygen atoms in total. The van der Waals surface area contributed by atoms with E-state index in [1.165, 1.54) is 31.2 Å². The van der Waals surface area contributed by atoms with E-state index in [2.05, 4.69) is 4.72 Å². The molecule has 1 aliphatic rings. The Morgan fingerprint density at radius 2 is 1.91 bits per heavy atom. The number of morpholine rings is 1. The summed E-state index contributed by atoms with van der Waals surface area (Å²) in [7, 11) is -3.68. The number of halogens is 1. The van der Waals surface area contributed by atoms with Gasteiger partial charge in [-0.3, -0.25) is 4.79 Å². The minimum Gasteiger partial charge on any atom is -0.378 e. The van der Waals surface area contributed by atoms with Gasteiger partial charge in [-0.15, -0.1) is 0 Å². The van der Waals surface area contributed by atoms with Gasteiger partial charge < -0.3 is 9.64 Å². The Bertz CT molecular complexity index is 612. The molecule has 0 radical (unpaired) electrons. The Kier molecular flexibility index (Phi) is 5.49. The van der Waals surface area contributed by atoms with Gasteiger partial charge in [0.1, 0.15) is 5.82 Å². The third-order valence-electron chi connectivity index (χ3n) is 3.32. The van der Waals surface area contributed by atoms with E-state index in [9.17, 15) is 17.6 Å². The van der Waals surface area contributed by atoms with E-state index in [0.717, 1.165) is 0 Å². The average Bonchev–Trinajstić information content (AvgIpc) is 2.49. The van der Waals surface area contributed by atoms with Crippen LogP contribution in [0, 0.1) is 5.82 Å². The molecule has 1 heterocycles. The molecule has 0 saturated carbocycles. The van der Waals surface area contributed by atoms with Crippen LogP contribution in [-0.2, 0) is 25.3 Å². The van der Waals surface area contributed by atoms with Crippen LogP contribution in [0.25, 0.3) is 0 Å². The third-order valence-corrected chi connectivity index (χ3v) is 4.75. The Balaban J connectivity index is 1.95. The van der Waals surface area contributed by atoms with Crippen LogP contribution in [0.1, 0.15) is 12.5 Å². The van der Waals surface area contributed by atoms with Crippen LogP contribution in [0.5, 0.6) is 0 Å². The fourth-order valence-corrected chi connectivity index (χ4v) is 3.57. The molecule has 0 bridgehead atoms. The van der Waals surface area contributed by atoms with Crippen molar-refractivity contribution in [3.63, 3.8) is 0 Å². The number of hydrogen-bond donors (Lipinski definition) is 1. The van der Waals surface area contributed by atoms with Crippen molar-refractivity contribution >= 4 is 15.9 Å². The zero-order valence-corrected chi connectivity index (χ0v) is 13.1. The second-order valence-corrected chi connectivity index (χ2v) is 6.92. The van der Waals surface area contributed by atoms with E-state index in [1.807, 2.05) is 0 Å². The highest BCUT2D eigenvalue weighted by Crippen LogP contribution is 2.08. The first-order valence-electron chi connectivity index (χ1n) is 6.98. The first-order valence-corrected chi connectivity index (χ1v) is 8.63. The maximum absolute atomic E-state index is 12.8. The van der Waals surface area contributed by atoms with Gasteiger partial charge in [-0.2, -0.15) is 0 Å². The van der Waals surface area contributed by atoms with Gasteiger partial charge in [0.05, 0.1) is 25.0 Å². The van der Waals surface area contributed by atoms with Crippen molar-refractivity contribution in [1.82, 2.24) is 9.62 Å². The standard InChI is InChI=1S/C14H19FN2O4S/c1-11(14(18)17-6-8-21-9-7-17)16-22(19,20)10-12-2-4-13(15)5-3-12/h2-5,11,16H,6-10H2,1H3/t11-/m1/s1. The first kappa shape index (κ1) is 16.9. The van der Waals surface area contributed by atoms with E-state index in [1.54, 1.807) is 4.90 Å². The maximum Gasteiger partial charge on any atom is 0.240 e. The predicted molar refractivity (Wildman–Crippen MR) is 79.0 cm³/mol. The Morgan fingerprint density at radius 3 is 2.50 bits per heavy atom. The molecule has 1 N–H and O–H groups in total. The summed E-state index contributed by atoms with van der Waals surface area (Å²) in [5.41, 5.74) is 0.458. The van der Waals surface area contributed by atoms with Gasteiger partial charge in [0, 0.05) is 13.1 Å². The molecular weight excluding hydrogens is 311 g/mol. The lowest BCUT2D eigenvalue weighted by Gasteiger charge is -2.29. The molecule has 122 valence electrons. The summed E-state index contributed by atoms with van der Waals surface area (Å²) in [5, 5.41) is 0. The van der Waals surface area contributed by atoms with Gasteiger partial charge in [0.25, 0.3) is 0 Å². The number of ether oxygens (including phenoxy) is 1. The Morgan fingerprint density at radius 1 is 1.32 bits per heavy atom. The summed E-state index contributed by atoms with van der Waals surface area (Å²) in [5.74, 6) is -0.996. The predicted octanol–water partition coefficient (Wildman–Crippen LogP) is 0.492. The summed E-state index contributed by atoms with van der Waals surface area (Å²) in [6.07, 6.45) is 0. The number of nitrogens with one attached hydrogen (secondary N) is 1. The van der Waals surface area contributed by atoms with Crippen LogP contribution in [0.3, 0.4) is 0 Å². The zero-order chi connectivity index (χ0) is 16.2. The summed E-state index contributed by atoms with van der Waals surface area (Å²) in [6, 6.07) is 4.37. The molecular formula is C14H19FN2O4S. The van der Waals surface area contributed by atoms with Crippen molar-refractivity contribution in [3.05, 3.63) is 35.6 Å². The number of nitrogens with zero attached hydrogens (tertiary/aromatic N) is 1. The van der Waals surface area contributed by atoms with Gasteiger partial charge in [0.2, 0.25) is 15.9 Å². The largest absolute Gasteiger partial charge is 0.378 e. The molecule has 1 fully saturated rings. The topological polar surface area (TPSA) is 75.7 Å². The molecule has 1 aliphatic heterocycles. The van der Waals surface area contributed by atoms with Crippen LogP contribution in [-0.4, -0.2) is 51.6 Å². The fourth-order valence-electron chi connectivity index (χ4n) is 2.22. The Hall–Kier alpha value is -1.51. The number of carbonyl (C=O) groups excluding carboxylic acids is 1. The van der Waals surface area contributed by atoms with E-state index in [4.69, 9.17) is 4.74 Å². The second kappa shape index (κ2) is 7.17. The van der Waals surface area contributed by atoms with Gasteiger partial charge in [-0.05, 0) is 24.6 Å². The van der Waals surface area contributed by atoms with E-state index in [-0.39, 0.29) is 11.7 Å². The van der Waals surface area contributed by atoms with Crippen LogP contribution in [0.4, 0.5) is 4.39 Å². The molecule has 22 heavy (non-hydrogen) atoms. The smallest absolute Gasteiger partial charge is 0.240 e. The summed E-state index contributed by atoms with van der Waals surface area (Å²) < 4.78 is 44.5. The number of sulfonamides is 1. The van der Waals surface area contributed by atoms with E-state index in [0.29, 0.717) is 31.9 Å². The van der Waals surface area contributed by atoms with Crippen LogP contribution >= 0.6 is 0 Å². The molecule has 1 aromatic carbocycles. The van der Waals surface area contributed by atoms with Crippen molar-refractivity contribution in [2.45, 2.75) is 18.7 Å². The summed E-state index contributed by atoms with van der Waals surface area (Å²) in [6.45, 7) is 3.35. The molecule has 1 saturated heterocycles. The SMILES string of the molecule is C[C@@H](NS(=O)(=O)Cc1ccc(F)cc1)C(=O)N1CCOCC1. The third kappa shape index (κ3) is 4.75. The fraction of sp³-hybridized carbons (Fsp3) is 0.500. The summed E-state index contributed by atoms with van der Waals surface area (Å²) >= 11 is 0. The molecule has 1 aromatic rings. The molecule has 1 amide bonds. The molecule has 0 spiro atoms. The normalized spacial score (nSPS) is 17.3. The monoisotopic (exact) mass is 330 g/mol. The van der Waals surface area contributed by atoms with Crippen molar-refractivity contribution in [2.24, 2.45) is 0 Å². The first-order chi connectivity index (χ1) is 10.4. The van der Waals surface area contributed by atoms with Crippen molar-refractivity contribution in [1.29, 1.82) is 0 Å². The molecule has 2 rings (SSSR count). The van der Waals surface area contributed by atoms with Gasteiger partial charge >= 0.3 is 0 Å². The lowest BCUT2D eigenvalue weighted by molar-refractivity contribution is -0.136. The zero-order valence-electron chi connectivity index (χ0n) is 12.3. The minimum absolute atomic E-state index is 0.272. The molecule has 0 aromatic heterocycles. The highest BCUT2D eigenvalue weighted by atomic mass is 32.2. The number of benzene rings is 1. The molecule has 0 unspecified atom stereocenters. The van der Waals surface area contributed by atoms with Gasteiger partial charge in [-0.25, -0.2) is 17.5 Å².